The van der Waals surface area contributed by atoms with E-state index in [0.29, 0.717) is 19.4 Å². The maximum Gasteiger partial charge on any atom is 0.414 e. The summed E-state index contributed by atoms with van der Waals surface area (Å²) in [4.78, 5) is 0. The molecule has 0 aliphatic rings. The maximum absolute atomic E-state index is 11.9. The van der Waals surface area contributed by atoms with Crippen molar-refractivity contribution >= 4 is 0 Å². The molecule has 0 aromatic heterocycles. The lowest BCUT2D eigenvalue weighted by atomic mass is 10.1. The molecule has 15 heavy (non-hydrogen) atoms. The van der Waals surface area contributed by atoms with Crippen LogP contribution in [-0.2, 0) is 4.74 Å². The van der Waals surface area contributed by atoms with E-state index < -0.39 is 12.3 Å². The fraction of sp³-hybridized carbons (Fsp3) is 1.00. The van der Waals surface area contributed by atoms with Crippen LogP contribution in [0.3, 0.4) is 0 Å². The van der Waals surface area contributed by atoms with Gasteiger partial charge in [-0.25, -0.2) is 0 Å². The normalized spacial score (nSPS) is 14.6. The minimum absolute atomic E-state index is 0.158. The van der Waals surface area contributed by atoms with Crippen molar-refractivity contribution < 1.29 is 23.0 Å². The average molecular weight is 228 g/mol. The molecule has 0 saturated heterocycles. The second-order valence-electron chi connectivity index (χ2n) is 3.83. The Bertz CT molecular complexity index is 157. The lowest BCUT2D eigenvalue weighted by Gasteiger charge is -2.14. The summed E-state index contributed by atoms with van der Waals surface area (Å²) in [7, 11) is 0. The zero-order valence-electron chi connectivity index (χ0n) is 9.18. The fourth-order valence-corrected chi connectivity index (χ4v) is 1.10. The van der Waals surface area contributed by atoms with Gasteiger partial charge >= 0.3 is 6.18 Å². The highest BCUT2D eigenvalue weighted by Gasteiger charge is 2.37. The van der Waals surface area contributed by atoms with E-state index in [-0.39, 0.29) is 12.5 Å². The molecule has 0 aliphatic carbocycles. The third-order valence-electron chi connectivity index (χ3n) is 1.95. The van der Waals surface area contributed by atoms with Gasteiger partial charge in [0, 0.05) is 6.61 Å². The van der Waals surface area contributed by atoms with Gasteiger partial charge in [0.15, 0.2) is 0 Å². The van der Waals surface area contributed by atoms with Crippen LogP contribution in [0.15, 0.2) is 0 Å². The highest BCUT2D eigenvalue weighted by molar-refractivity contribution is 4.64. The minimum atomic E-state index is -4.48. The van der Waals surface area contributed by atoms with Gasteiger partial charge in [0.1, 0.15) is 6.10 Å². The third kappa shape index (κ3) is 8.69. The summed E-state index contributed by atoms with van der Waals surface area (Å²) < 4.78 is 40.8. The van der Waals surface area contributed by atoms with Crippen LogP contribution in [0, 0.1) is 0 Å². The van der Waals surface area contributed by atoms with Crippen LogP contribution in [0.2, 0.25) is 0 Å². The van der Waals surface area contributed by atoms with Crippen LogP contribution in [0.4, 0.5) is 13.2 Å². The van der Waals surface area contributed by atoms with E-state index in [2.05, 4.69) is 0 Å². The molecule has 5 heteroatoms. The zero-order chi connectivity index (χ0) is 11.9. The van der Waals surface area contributed by atoms with Crippen molar-refractivity contribution in [1.29, 1.82) is 0 Å². The molecular formula is C10H19F3O2. The molecule has 0 heterocycles. The van der Waals surface area contributed by atoms with Crippen LogP contribution in [0.5, 0.6) is 0 Å². The van der Waals surface area contributed by atoms with Gasteiger partial charge in [0.2, 0.25) is 0 Å². The van der Waals surface area contributed by atoms with Crippen LogP contribution in [0.1, 0.15) is 39.5 Å². The molecule has 0 aromatic carbocycles. The van der Waals surface area contributed by atoms with E-state index in [4.69, 9.17) is 9.84 Å². The van der Waals surface area contributed by atoms with Crippen LogP contribution in [-0.4, -0.2) is 30.1 Å². The van der Waals surface area contributed by atoms with Crippen molar-refractivity contribution in [3.8, 4) is 0 Å². The predicted molar refractivity (Wildman–Crippen MR) is 51.6 cm³/mol. The summed E-state index contributed by atoms with van der Waals surface area (Å²) in [6.07, 6.45) is -4.95. The number of rotatable bonds is 7. The van der Waals surface area contributed by atoms with Crippen molar-refractivity contribution in [2.24, 2.45) is 0 Å². The number of aliphatic hydroxyl groups is 1. The molecule has 0 radical (unpaired) electrons. The molecule has 1 atom stereocenters. The smallest absolute Gasteiger partial charge is 0.384 e. The summed E-state index contributed by atoms with van der Waals surface area (Å²) in [5.41, 5.74) is 0. The largest absolute Gasteiger partial charge is 0.414 e. The molecule has 0 rings (SSSR count). The summed E-state index contributed by atoms with van der Waals surface area (Å²) in [5.74, 6) is 0. The van der Waals surface area contributed by atoms with Gasteiger partial charge < -0.3 is 9.84 Å². The Kier molecular flexibility index (Phi) is 6.92. The first-order valence-corrected chi connectivity index (χ1v) is 5.20. The van der Waals surface area contributed by atoms with E-state index in [1.54, 1.807) is 0 Å². The van der Waals surface area contributed by atoms with Crippen molar-refractivity contribution in [3.63, 3.8) is 0 Å². The number of aliphatic hydroxyl groups excluding tert-OH is 1. The molecular weight excluding hydrogens is 209 g/mol. The van der Waals surface area contributed by atoms with E-state index in [0.717, 1.165) is 6.42 Å². The Morgan fingerprint density at radius 3 is 2.20 bits per heavy atom. The first-order valence-electron chi connectivity index (χ1n) is 5.20. The molecule has 2 nitrogen and oxygen atoms in total. The van der Waals surface area contributed by atoms with Gasteiger partial charge in [-0.1, -0.05) is 12.8 Å². The third-order valence-corrected chi connectivity index (χ3v) is 1.95. The molecule has 0 bridgehead atoms. The first-order chi connectivity index (χ1) is 6.84. The van der Waals surface area contributed by atoms with Gasteiger partial charge in [-0.2, -0.15) is 13.2 Å². The Morgan fingerprint density at radius 2 is 1.73 bits per heavy atom. The van der Waals surface area contributed by atoms with Gasteiger partial charge in [-0.3, -0.25) is 0 Å². The molecule has 0 saturated carbocycles. The number of hydrogen-bond acceptors (Lipinski definition) is 2. The molecule has 0 spiro atoms. The second-order valence-corrected chi connectivity index (χ2v) is 3.83. The van der Waals surface area contributed by atoms with Gasteiger partial charge in [-0.15, -0.1) is 0 Å². The summed E-state index contributed by atoms with van der Waals surface area (Å²) >= 11 is 0. The SMILES string of the molecule is CC(C)OCCCCC[C@@H](O)C(F)(F)F. The molecule has 1 N–H and O–H groups in total. The van der Waals surface area contributed by atoms with E-state index in [1.165, 1.54) is 0 Å². The molecule has 0 unspecified atom stereocenters. The number of ether oxygens (including phenoxy) is 1. The van der Waals surface area contributed by atoms with Crippen LogP contribution in [0.25, 0.3) is 0 Å². The molecule has 0 aromatic rings. The highest BCUT2D eigenvalue weighted by Crippen LogP contribution is 2.23. The van der Waals surface area contributed by atoms with Crippen molar-refractivity contribution in [3.05, 3.63) is 0 Å². The van der Waals surface area contributed by atoms with Gasteiger partial charge in [-0.05, 0) is 26.7 Å². The Balaban J connectivity index is 3.32. The first kappa shape index (κ1) is 14.7. The minimum Gasteiger partial charge on any atom is -0.384 e. The Hall–Kier alpha value is -0.290. The second kappa shape index (κ2) is 7.06. The Morgan fingerprint density at radius 1 is 1.13 bits per heavy atom. The predicted octanol–water partition coefficient (Wildman–Crippen LogP) is 2.90. The van der Waals surface area contributed by atoms with Crippen molar-refractivity contribution in [1.82, 2.24) is 0 Å². The van der Waals surface area contributed by atoms with Gasteiger partial charge in [0.25, 0.3) is 0 Å². The van der Waals surface area contributed by atoms with Crippen molar-refractivity contribution in [2.45, 2.75) is 57.9 Å². The number of unbranched alkanes of at least 4 members (excludes halogenated alkanes) is 2. The summed E-state index contributed by atoms with van der Waals surface area (Å²) in [6, 6.07) is 0. The molecule has 0 fully saturated rings. The van der Waals surface area contributed by atoms with E-state index in [9.17, 15) is 13.2 Å². The molecule has 92 valence electrons. The summed E-state index contributed by atoms with van der Waals surface area (Å²) in [6.45, 7) is 4.39. The molecule has 0 amide bonds. The monoisotopic (exact) mass is 228 g/mol. The topological polar surface area (TPSA) is 29.5 Å². The van der Waals surface area contributed by atoms with E-state index in [1.807, 2.05) is 13.8 Å². The number of hydrogen-bond donors (Lipinski definition) is 1. The number of alkyl halides is 3. The van der Waals surface area contributed by atoms with E-state index >= 15 is 0 Å². The van der Waals surface area contributed by atoms with Crippen LogP contribution < -0.4 is 0 Å². The lowest BCUT2D eigenvalue weighted by Crippen LogP contribution is -2.28. The zero-order valence-corrected chi connectivity index (χ0v) is 9.18. The lowest BCUT2D eigenvalue weighted by molar-refractivity contribution is -0.205. The molecule has 0 aliphatic heterocycles. The standard InChI is InChI=1S/C10H19F3O2/c1-8(2)15-7-5-3-4-6-9(14)10(11,12)13/h8-9,14H,3-7H2,1-2H3/t9-/m1/s1. The highest BCUT2D eigenvalue weighted by atomic mass is 19.4. The fourth-order valence-electron chi connectivity index (χ4n) is 1.10. The number of halogens is 3. The van der Waals surface area contributed by atoms with Crippen LogP contribution >= 0.6 is 0 Å². The maximum atomic E-state index is 11.9. The summed E-state index contributed by atoms with van der Waals surface area (Å²) in [5, 5.41) is 8.67. The quantitative estimate of drug-likeness (QED) is 0.679. The average Bonchev–Trinajstić information content (AvgIpc) is 2.08. The van der Waals surface area contributed by atoms with Crippen molar-refractivity contribution in [2.75, 3.05) is 6.61 Å². The Labute approximate surface area is 88.4 Å². The van der Waals surface area contributed by atoms with Gasteiger partial charge in [0.05, 0.1) is 6.10 Å².